The molecule has 2 rings (SSSR count). The van der Waals surface area contributed by atoms with E-state index in [1.165, 1.54) is 6.92 Å². The molecular formula is C15H23N5O5. The lowest BCUT2D eigenvalue weighted by molar-refractivity contribution is -0.114. The Hall–Kier alpha value is -2.65. The molecule has 10 heteroatoms. The Morgan fingerprint density at radius 2 is 1.72 bits per heavy atom. The summed E-state index contributed by atoms with van der Waals surface area (Å²) in [5.41, 5.74) is -0.626. The molecule has 1 aromatic rings. The molecule has 0 aliphatic carbocycles. The molecule has 2 heterocycles. The maximum Gasteiger partial charge on any atom is 0.410 e. The summed E-state index contributed by atoms with van der Waals surface area (Å²) in [5, 5.41) is 9.51. The van der Waals surface area contributed by atoms with Gasteiger partial charge in [-0.3, -0.25) is 9.59 Å². The van der Waals surface area contributed by atoms with E-state index in [4.69, 9.17) is 4.74 Å². The highest BCUT2D eigenvalue weighted by Gasteiger charge is 2.29. The first-order valence-corrected chi connectivity index (χ1v) is 8.05. The standard InChI is InChI=1S/C15H23N5O5/c1-10(21)16-12-11(17-25-18-12)13(22)19-6-5-7-20(9-8-19)14(23)24-15(2,3)4/h5-9H2,1-4H3,(H,16,18,21). The highest BCUT2D eigenvalue weighted by molar-refractivity contribution is 6.00. The molecular weight excluding hydrogens is 330 g/mol. The van der Waals surface area contributed by atoms with Crippen molar-refractivity contribution in [3.8, 4) is 0 Å². The number of hydrogen-bond donors (Lipinski definition) is 1. The van der Waals surface area contributed by atoms with Gasteiger partial charge in [-0.25, -0.2) is 9.42 Å². The maximum atomic E-state index is 12.6. The van der Waals surface area contributed by atoms with Gasteiger partial charge in [0.2, 0.25) is 17.4 Å². The Morgan fingerprint density at radius 1 is 1.08 bits per heavy atom. The SMILES string of the molecule is CC(=O)Nc1nonc1C(=O)N1CCCN(C(=O)OC(C)(C)C)CC1. The quantitative estimate of drug-likeness (QED) is 0.846. The topological polar surface area (TPSA) is 118 Å². The van der Waals surface area contributed by atoms with Crippen molar-refractivity contribution in [3.63, 3.8) is 0 Å². The zero-order chi connectivity index (χ0) is 18.6. The van der Waals surface area contributed by atoms with Gasteiger partial charge < -0.3 is 19.9 Å². The maximum absolute atomic E-state index is 12.6. The van der Waals surface area contributed by atoms with Crippen LogP contribution in [0.5, 0.6) is 0 Å². The normalized spacial score (nSPS) is 15.5. The van der Waals surface area contributed by atoms with Crippen LogP contribution < -0.4 is 5.32 Å². The van der Waals surface area contributed by atoms with Crippen molar-refractivity contribution >= 4 is 23.7 Å². The molecule has 0 radical (unpaired) electrons. The third-order valence-electron chi connectivity index (χ3n) is 3.42. The molecule has 0 saturated carbocycles. The number of nitrogens with one attached hydrogen (secondary N) is 1. The lowest BCUT2D eigenvalue weighted by Gasteiger charge is -2.26. The molecule has 0 unspecified atom stereocenters. The first kappa shape index (κ1) is 18.7. The summed E-state index contributed by atoms with van der Waals surface area (Å²) in [7, 11) is 0. The highest BCUT2D eigenvalue weighted by Crippen LogP contribution is 2.16. The van der Waals surface area contributed by atoms with Crippen molar-refractivity contribution in [2.75, 3.05) is 31.5 Å². The predicted molar refractivity (Wildman–Crippen MR) is 86.9 cm³/mol. The van der Waals surface area contributed by atoms with Crippen molar-refractivity contribution in [2.45, 2.75) is 39.7 Å². The lowest BCUT2D eigenvalue weighted by Crippen LogP contribution is -2.40. The molecule has 1 saturated heterocycles. The Labute approximate surface area is 145 Å². The number of amides is 3. The smallest absolute Gasteiger partial charge is 0.410 e. The summed E-state index contributed by atoms with van der Waals surface area (Å²) in [6.07, 6.45) is 0.204. The fraction of sp³-hybridized carbons (Fsp3) is 0.667. The van der Waals surface area contributed by atoms with E-state index >= 15 is 0 Å². The minimum atomic E-state index is -0.571. The van der Waals surface area contributed by atoms with Gasteiger partial charge in [0, 0.05) is 33.1 Å². The summed E-state index contributed by atoms with van der Waals surface area (Å²) in [5.74, 6) is -0.793. The third kappa shape index (κ3) is 5.16. The van der Waals surface area contributed by atoms with E-state index < -0.39 is 17.6 Å². The zero-order valence-corrected chi connectivity index (χ0v) is 14.9. The average Bonchev–Trinajstić information content (AvgIpc) is 2.79. The Morgan fingerprint density at radius 3 is 2.36 bits per heavy atom. The van der Waals surface area contributed by atoms with Gasteiger partial charge in [-0.2, -0.15) is 0 Å². The molecule has 0 spiro atoms. The first-order valence-electron chi connectivity index (χ1n) is 8.05. The van der Waals surface area contributed by atoms with Crippen LogP contribution in [0.4, 0.5) is 10.6 Å². The monoisotopic (exact) mass is 353 g/mol. The minimum absolute atomic E-state index is 0.00857. The highest BCUT2D eigenvalue weighted by atomic mass is 16.6. The molecule has 1 aliphatic rings. The van der Waals surface area contributed by atoms with Gasteiger partial charge in [0.05, 0.1) is 0 Å². The largest absolute Gasteiger partial charge is 0.444 e. The lowest BCUT2D eigenvalue weighted by atomic mass is 10.2. The number of hydrogen-bond acceptors (Lipinski definition) is 7. The number of anilines is 1. The minimum Gasteiger partial charge on any atom is -0.444 e. The Kier molecular flexibility index (Phi) is 5.60. The van der Waals surface area contributed by atoms with Crippen LogP contribution in [0, 0.1) is 0 Å². The summed E-state index contributed by atoms with van der Waals surface area (Å²) in [6, 6.07) is 0. The number of carbonyl (C=O) groups excluding carboxylic acids is 3. The van der Waals surface area contributed by atoms with Gasteiger partial charge in [0.25, 0.3) is 5.91 Å². The molecule has 3 amide bonds. The Balaban J connectivity index is 2.01. The second kappa shape index (κ2) is 7.49. The third-order valence-corrected chi connectivity index (χ3v) is 3.42. The Bertz CT molecular complexity index is 651. The second-order valence-electron chi connectivity index (χ2n) is 6.76. The molecule has 138 valence electrons. The summed E-state index contributed by atoms with van der Waals surface area (Å²) in [6.45, 7) is 8.33. The molecule has 0 aromatic carbocycles. The molecule has 1 fully saturated rings. The van der Waals surface area contributed by atoms with E-state index in [1.807, 2.05) is 0 Å². The van der Waals surface area contributed by atoms with E-state index in [2.05, 4.69) is 20.3 Å². The number of nitrogens with zero attached hydrogens (tertiary/aromatic N) is 4. The molecule has 0 atom stereocenters. The van der Waals surface area contributed by atoms with Gasteiger partial charge in [-0.15, -0.1) is 0 Å². The van der Waals surface area contributed by atoms with Gasteiger partial charge >= 0.3 is 6.09 Å². The fourth-order valence-corrected chi connectivity index (χ4v) is 2.36. The first-order chi connectivity index (χ1) is 11.7. The van der Waals surface area contributed by atoms with E-state index in [-0.39, 0.29) is 17.4 Å². The van der Waals surface area contributed by atoms with Crippen molar-refractivity contribution in [3.05, 3.63) is 5.69 Å². The number of rotatable bonds is 2. The van der Waals surface area contributed by atoms with Gasteiger partial charge in [-0.1, -0.05) is 0 Å². The van der Waals surface area contributed by atoms with Crippen molar-refractivity contribution in [2.24, 2.45) is 0 Å². The number of ether oxygens (including phenoxy) is 1. The summed E-state index contributed by atoms with van der Waals surface area (Å²) >= 11 is 0. The molecule has 1 aromatic heterocycles. The zero-order valence-electron chi connectivity index (χ0n) is 14.9. The van der Waals surface area contributed by atoms with E-state index in [0.29, 0.717) is 32.6 Å². The van der Waals surface area contributed by atoms with Crippen molar-refractivity contribution in [1.29, 1.82) is 0 Å². The van der Waals surface area contributed by atoms with Crippen LogP contribution in [0.1, 0.15) is 44.6 Å². The van der Waals surface area contributed by atoms with Crippen LogP contribution in [0.3, 0.4) is 0 Å². The van der Waals surface area contributed by atoms with Crippen LogP contribution in [-0.2, 0) is 9.53 Å². The number of aromatic nitrogens is 2. The molecule has 25 heavy (non-hydrogen) atoms. The van der Waals surface area contributed by atoms with Crippen LogP contribution in [0.25, 0.3) is 0 Å². The number of carbonyl (C=O) groups is 3. The van der Waals surface area contributed by atoms with Crippen LogP contribution in [0.15, 0.2) is 4.63 Å². The van der Waals surface area contributed by atoms with Crippen molar-refractivity contribution in [1.82, 2.24) is 20.1 Å². The van der Waals surface area contributed by atoms with E-state index in [0.717, 1.165) is 0 Å². The van der Waals surface area contributed by atoms with Gasteiger partial charge in [0.15, 0.2) is 0 Å². The average molecular weight is 353 g/mol. The van der Waals surface area contributed by atoms with Crippen LogP contribution in [-0.4, -0.2) is 69.8 Å². The molecule has 1 N–H and O–H groups in total. The van der Waals surface area contributed by atoms with Gasteiger partial charge in [-0.05, 0) is 37.5 Å². The fourth-order valence-electron chi connectivity index (χ4n) is 2.36. The second-order valence-corrected chi connectivity index (χ2v) is 6.76. The summed E-state index contributed by atoms with van der Waals surface area (Å²) in [4.78, 5) is 39.0. The predicted octanol–water partition coefficient (Wildman–Crippen LogP) is 1.11. The van der Waals surface area contributed by atoms with E-state index in [1.54, 1.807) is 30.6 Å². The molecule has 0 bridgehead atoms. The summed E-state index contributed by atoms with van der Waals surface area (Å²) < 4.78 is 9.92. The molecule has 1 aliphatic heterocycles. The van der Waals surface area contributed by atoms with Gasteiger partial charge in [0.1, 0.15) is 5.60 Å². The van der Waals surface area contributed by atoms with Crippen LogP contribution in [0.2, 0.25) is 0 Å². The van der Waals surface area contributed by atoms with E-state index in [9.17, 15) is 14.4 Å². The van der Waals surface area contributed by atoms with Crippen molar-refractivity contribution < 1.29 is 23.7 Å². The van der Waals surface area contributed by atoms with Crippen LogP contribution >= 0.6 is 0 Å². The molecule has 10 nitrogen and oxygen atoms in total.